The van der Waals surface area contributed by atoms with Crippen molar-refractivity contribution in [3.8, 4) is 5.75 Å². The Labute approximate surface area is 154 Å². The largest absolute Gasteiger partial charge is 0.497 e. The average molecular weight is 348 g/mol. The van der Waals surface area contributed by atoms with Crippen molar-refractivity contribution in [3.05, 3.63) is 76.4 Å². The van der Waals surface area contributed by atoms with Crippen molar-refractivity contribution in [2.75, 3.05) is 7.11 Å². The lowest BCUT2D eigenvalue weighted by Gasteiger charge is -2.42. The van der Waals surface area contributed by atoms with Gasteiger partial charge in [0.15, 0.2) is 0 Å². The van der Waals surface area contributed by atoms with Gasteiger partial charge in [0, 0.05) is 16.9 Å². The van der Waals surface area contributed by atoms with Crippen LogP contribution in [0.4, 0.5) is 0 Å². The fourth-order valence-corrected chi connectivity index (χ4v) is 5.43. The molecule has 0 heterocycles. The van der Waals surface area contributed by atoms with Crippen molar-refractivity contribution in [3.63, 3.8) is 0 Å². The molecule has 2 aromatic carbocycles. The first-order valence-electron chi connectivity index (χ1n) is 9.15. The number of carboxylic acids is 1. The highest BCUT2D eigenvalue weighted by atomic mass is 16.5. The van der Waals surface area contributed by atoms with E-state index in [4.69, 9.17) is 4.74 Å². The number of hydrogen-bond donors (Lipinski definition) is 1. The van der Waals surface area contributed by atoms with Gasteiger partial charge in [-0.05, 0) is 54.5 Å². The summed E-state index contributed by atoms with van der Waals surface area (Å²) >= 11 is 0. The number of allylic oxidation sites excluding steroid dienone is 1. The van der Waals surface area contributed by atoms with E-state index in [2.05, 4.69) is 31.2 Å². The number of benzene rings is 2. The van der Waals surface area contributed by atoms with Gasteiger partial charge in [-0.1, -0.05) is 48.9 Å². The zero-order chi connectivity index (χ0) is 18.5. The Morgan fingerprint density at radius 1 is 1.19 bits per heavy atom. The van der Waals surface area contributed by atoms with Gasteiger partial charge in [0.1, 0.15) is 5.75 Å². The van der Waals surface area contributed by atoms with Crippen LogP contribution in [-0.4, -0.2) is 18.2 Å². The molecular weight excluding hydrogens is 324 g/mol. The smallest absolute Gasteiger partial charge is 0.332 e. The number of ether oxygens (including phenoxy) is 1. The quantitative estimate of drug-likeness (QED) is 0.873. The number of carboxylic acid groups (broad SMARTS) is 1. The molecule has 0 spiro atoms. The second-order valence-electron chi connectivity index (χ2n) is 7.62. The molecule has 3 atom stereocenters. The van der Waals surface area contributed by atoms with Gasteiger partial charge in [0.2, 0.25) is 0 Å². The van der Waals surface area contributed by atoms with Gasteiger partial charge in [0.25, 0.3) is 0 Å². The van der Waals surface area contributed by atoms with Gasteiger partial charge in [0.05, 0.1) is 7.11 Å². The van der Waals surface area contributed by atoms with Crippen LogP contribution in [0.15, 0.2) is 59.7 Å². The fraction of sp³-hybridized carbons (Fsp3) is 0.348. The molecule has 0 saturated heterocycles. The maximum absolute atomic E-state index is 12.3. The molecule has 0 radical (unpaired) electrons. The molecule has 3 heteroatoms. The lowest BCUT2D eigenvalue weighted by atomic mass is 9.61. The molecule has 0 saturated carbocycles. The maximum atomic E-state index is 12.3. The first-order chi connectivity index (χ1) is 12.5. The second kappa shape index (κ2) is 6.01. The van der Waals surface area contributed by atoms with Gasteiger partial charge in [-0.25, -0.2) is 4.79 Å². The third-order valence-electron chi connectivity index (χ3n) is 6.49. The molecule has 2 aromatic rings. The van der Waals surface area contributed by atoms with Crippen LogP contribution in [-0.2, 0) is 16.6 Å². The summed E-state index contributed by atoms with van der Waals surface area (Å²) in [6, 6.07) is 16.5. The highest BCUT2D eigenvalue weighted by Crippen LogP contribution is 2.60. The molecular formula is C23H24O3. The Morgan fingerprint density at radius 2 is 1.92 bits per heavy atom. The van der Waals surface area contributed by atoms with Crippen LogP contribution < -0.4 is 4.74 Å². The lowest BCUT2D eigenvalue weighted by molar-refractivity contribution is -0.133. The van der Waals surface area contributed by atoms with Crippen LogP contribution in [0.5, 0.6) is 5.75 Å². The van der Waals surface area contributed by atoms with Gasteiger partial charge in [-0.15, -0.1) is 0 Å². The fourth-order valence-electron chi connectivity index (χ4n) is 5.43. The molecule has 0 aliphatic heterocycles. The molecule has 2 aliphatic rings. The summed E-state index contributed by atoms with van der Waals surface area (Å²) in [6.07, 6.45) is 1.93. The number of rotatable bonds is 3. The van der Waals surface area contributed by atoms with E-state index in [1.54, 1.807) is 7.11 Å². The van der Waals surface area contributed by atoms with Crippen LogP contribution in [0.25, 0.3) is 0 Å². The zero-order valence-corrected chi connectivity index (χ0v) is 15.5. The first-order valence-corrected chi connectivity index (χ1v) is 9.15. The summed E-state index contributed by atoms with van der Waals surface area (Å²) in [6.45, 7) is 4.13. The number of hydrogen-bond acceptors (Lipinski definition) is 2. The molecule has 4 rings (SSSR count). The SMILES string of the molecule is COc1ccc2c(c1)CC[C@@H]1[C@@H](c3ccccc3)C(C)=C(C(=O)O)[C@]21C. The number of carbonyl (C=O) groups is 1. The minimum absolute atomic E-state index is 0.155. The molecule has 0 aromatic heterocycles. The van der Waals surface area contributed by atoms with Crippen LogP contribution in [0.3, 0.4) is 0 Å². The normalized spacial score (nSPS) is 27.0. The van der Waals surface area contributed by atoms with E-state index in [0.29, 0.717) is 5.57 Å². The van der Waals surface area contributed by atoms with E-state index in [-0.39, 0.29) is 11.8 Å². The van der Waals surface area contributed by atoms with Gasteiger partial charge in [-0.3, -0.25) is 0 Å². The van der Waals surface area contributed by atoms with Gasteiger partial charge in [-0.2, -0.15) is 0 Å². The molecule has 26 heavy (non-hydrogen) atoms. The minimum atomic E-state index is -0.794. The predicted molar refractivity (Wildman–Crippen MR) is 102 cm³/mol. The van der Waals surface area contributed by atoms with Crippen LogP contribution >= 0.6 is 0 Å². The average Bonchev–Trinajstić information content (AvgIpc) is 2.88. The predicted octanol–water partition coefficient (Wildman–Crippen LogP) is 4.71. The van der Waals surface area contributed by atoms with Crippen LogP contribution in [0, 0.1) is 5.92 Å². The van der Waals surface area contributed by atoms with Crippen molar-refractivity contribution in [2.45, 2.75) is 38.0 Å². The molecule has 0 fully saturated rings. The van der Waals surface area contributed by atoms with E-state index in [1.165, 1.54) is 11.1 Å². The third-order valence-corrected chi connectivity index (χ3v) is 6.49. The van der Waals surface area contributed by atoms with E-state index >= 15 is 0 Å². The molecule has 1 N–H and O–H groups in total. The Bertz CT molecular complexity index is 897. The Hall–Kier alpha value is -2.55. The molecule has 0 unspecified atom stereocenters. The van der Waals surface area contributed by atoms with Crippen LogP contribution in [0.1, 0.15) is 42.9 Å². The topological polar surface area (TPSA) is 46.5 Å². The monoisotopic (exact) mass is 348 g/mol. The summed E-state index contributed by atoms with van der Waals surface area (Å²) in [5.41, 5.74) is 4.67. The van der Waals surface area contributed by atoms with Crippen LogP contribution in [0.2, 0.25) is 0 Å². The summed E-state index contributed by atoms with van der Waals surface area (Å²) in [5.74, 6) is 0.456. The van der Waals surface area contributed by atoms with Crippen molar-refractivity contribution in [1.29, 1.82) is 0 Å². The molecule has 134 valence electrons. The highest BCUT2D eigenvalue weighted by molar-refractivity contribution is 5.93. The highest BCUT2D eigenvalue weighted by Gasteiger charge is 2.55. The number of aliphatic carboxylic acids is 1. The Morgan fingerprint density at radius 3 is 2.58 bits per heavy atom. The van der Waals surface area contributed by atoms with E-state index in [0.717, 1.165) is 29.7 Å². The van der Waals surface area contributed by atoms with E-state index in [1.807, 2.05) is 31.2 Å². The van der Waals surface area contributed by atoms with Crippen molar-refractivity contribution in [1.82, 2.24) is 0 Å². The molecule has 0 amide bonds. The Kier molecular flexibility index (Phi) is 3.91. The van der Waals surface area contributed by atoms with Gasteiger partial charge < -0.3 is 9.84 Å². The minimum Gasteiger partial charge on any atom is -0.497 e. The molecule has 3 nitrogen and oxygen atoms in total. The Balaban J connectivity index is 1.93. The molecule has 0 bridgehead atoms. The second-order valence-corrected chi connectivity index (χ2v) is 7.62. The summed E-state index contributed by atoms with van der Waals surface area (Å²) in [5, 5.41) is 10.1. The maximum Gasteiger partial charge on any atom is 0.332 e. The number of methoxy groups -OCH3 is 1. The van der Waals surface area contributed by atoms with Crippen molar-refractivity contribution < 1.29 is 14.6 Å². The van der Waals surface area contributed by atoms with Gasteiger partial charge >= 0.3 is 5.97 Å². The number of aryl methyl sites for hydroxylation is 1. The summed E-state index contributed by atoms with van der Waals surface area (Å²) in [7, 11) is 1.67. The summed E-state index contributed by atoms with van der Waals surface area (Å²) < 4.78 is 5.38. The summed E-state index contributed by atoms with van der Waals surface area (Å²) in [4.78, 5) is 12.3. The third kappa shape index (κ3) is 2.23. The van der Waals surface area contributed by atoms with Crippen molar-refractivity contribution in [2.24, 2.45) is 5.92 Å². The molecule has 2 aliphatic carbocycles. The van der Waals surface area contributed by atoms with Crippen molar-refractivity contribution >= 4 is 5.97 Å². The lowest BCUT2D eigenvalue weighted by Crippen LogP contribution is -2.39. The van der Waals surface area contributed by atoms with E-state index < -0.39 is 11.4 Å². The zero-order valence-electron chi connectivity index (χ0n) is 15.5. The standard InChI is InChI=1S/C23H24O3/c1-14-20(15-7-5-4-6-8-15)19-11-9-16-13-17(26-3)10-12-18(16)23(19,2)21(14)22(24)25/h4-8,10,12-13,19-20H,9,11H2,1-3H3,(H,24,25)/t19-,20-,23-/m1/s1. The first kappa shape index (κ1) is 16.9. The van der Waals surface area contributed by atoms with E-state index in [9.17, 15) is 9.90 Å². The number of fused-ring (bicyclic) bond motifs is 3.